The largest absolute Gasteiger partial charge is 0.497 e. The molecule has 6 nitrogen and oxygen atoms in total. The maximum Gasteiger partial charge on any atom is 0.244 e. The van der Waals surface area contributed by atoms with Crippen LogP contribution in [0.5, 0.6) is 5.75 Å². The lowest BCUT2D eigenvalue weighted by atomic mass is 10.2. The normalized spacial score (nSPS) is 14.8. The van der Waals surface area contributed by atoms with Crippen molar-refractivity contribution in [3.8, 4) is 5.75 Å². The van der Waals surface area contributed by atoms with Crippen molar-refractivity contribution in [2.45, 2.75) is 38.3 Å². The number of rotatable bonds is 6. The van der Waals surface area contributed by atoms with Gasteiger partial charge in [0, 0.05) is 12.6 Å². The monoisotopic (exact) mass is 299 g/mol. The SMILES string of the molecule is COc1ccc(CNc2cnnc(NC3CCCC3)n2)cc1. The molecule has 0 aliphatic heterocycles. The number of methoxy groups -OCH3 is 1. The zero-order valence-corrected chi connectivity index (χ0v) is 12.7. The van der Waals surface area contributed by atoms with Crippen LogP contribution >= 0.6 is 0 Å². The molecule has 2 aromatic rings. The van der Waals surface area contributed by atoms with Crippen molar-refractivity contribution in [2.75, 3.05) is 17.7 Å². The van der Waals surface area contributed by atoms with Crippen molar-refractivity contribution in [1.29, 1.82) is 0 Å². The van der Waals surface area contributed by atoms with Gasteiger partial charge in [-0.3, -0.25) is 0 Å². The van der Waals surface area contributed by atoms with Crippen LogP contribution in [0.15, 0.2) is 30.5 Å². The van der Waals surface area contributed by atoms with E-state index in [9.17, 15) is 0 Å². The van der Waals surface area contributed by atoms with E-state index < -0.39 is 0 Å². The van der Waals surface area contributed by atoms with E-state index in [1.165, 1.54) is 25.7 Å². The summed E-state index contributed by atoms with van der Waals surface area (Å²) in [6.45, 7) is 0.686. The van der Waals surface area contributed by atoms with Crippen molar-refractivity contribution in [1.82, 2.24) is 15.2 Å². The van der Waals surface area contributed by atoms with Gasteiger partial charge in [-0.1, -0.05) is 25.0 Å². The van der Waals surface area contributed by atoms with Gasteiger partial charge in [-0.2, -0.15) is 10.1 Å². The molecule has 0 amide bonds. The van der Waals surface area contributed by atoms with Gasteiger partial charge in [-0.15, -0.1) is 5.10 Å². The second kappa shape index (κ2) is 7.06. The number of aromatic nitrogens is 3. The average Bonchev–Trinajstić information content (AvgIpc) is 3.07. The van der Waals surface area contributed by atoms with E-state index in [4.69, 9.17) is 4.74 Å². The average molecular weight is 299 g/mol. The maximum atomic E-state index is 5.15. The van der Waals surface area contributed by atoms with Crippen LogP contribution in [-0.4, -0.2) is 28.3 Å². The molecule has 0 atom stereocenters. The predicted molar refractivity (Wildman–Crippen MR) is 86.0 cm³/mol. The molecule has 0 bridgehead atoms. The standard InChI is InChI=1S/C16H21N5O/c1-22-14-8-6-12(7-9-14)10-17-15-11-18-21-16(20-15)19-13-4-2-3-5-13/h6-9,11,13H,2-5,10H2,1H3,(H2,17,19,20,21). The third kappa shape index (κ3) is 3.84. The van der Waals surface area contributed by atoms with Crippen LogP contribution in [-0.2, 0) is 6.54 Å². The first-order valence-electron chi connectivity index (χ1n) is 7.66. The van der Waals surface area contributed by atoms with Gasteiger partial charge in [0.2, 0.25) is 5.95 Å². The van der Waals surface area contributed by atoms with Crippen LogP contribution in [0.1, 0.15) is 31.2 Å². The van der Waals surface area contributed by atoms with Crippen LogP contribution in [0.4, 0.5) is 11.8 Å². The second-order valence-corrected chi connectivity index (χ2v) is 5.49. The molecular weight excluding hydrogens is 278 g/mol. The fourth-order valence-corrected chi connectivity index (χ4v) is 2.64. The van der Waals surface area contributed by atoms with E-state index in [1.54, 1.807) is 13.3 Å². The zero-order valence-electron chi connectivity index (χ0n) is 12.7. The molecule has 1 saturated carbocycles. The molecule has 22 heavy (non-hydrogen) atoms. The van der Waals surface area contributed by atoms with Crippen LogP contribution < -0.4 is 15.4 Å². The molecule has 2 N–H and O–H groups in total. The Morgan fingerprint density at radius 3 is 2.68 bits per heavy atom. The fourth-order valence-electron chi connectivity index (χ4n) is 2.64. The molecule has 1 aromatic heterocycles. The molecule has 0 saturated heterocycles. The highest BCUT2D eigenvalue weighted by molar-refractivity contribution is 5.39. The quantitative estimate of drug-likeness (QED) is 0.854. The number of benzene rings is 1. The van der Waals surface area contributed by atoms with E-state index in [0.717, 1.165) is 17.1 Å². The van der Waals surface area contributed by atoms with Gasteiger partial charge in [-0.05, 0) is 30.5 Å². The molecule has 3 rings (SSSR count). The fraction of sp³-hybridized carbons (Fsp3) is 0.438. The third-order valence-corrected chi connectivity index (χ3v) is 3.88. The number of hydrogen-bond donors (Lipinski definition) is 2. The number of anilines is 2. The summed E-state index contributed by atoms with van der Waals surface area (Å²) < 4.78 is 5.15. The van der Waals surface area contributed by atoms with Gasteiger partial charge in [0.05, 0.1) is 13.3 Å². The number of nitrogens with one attached hydrogen (secondary N) is 2. The lowest BCUT2D eigenvalue weighted by molar-refractivity contribution is 0.414. The van der Waals surface area contributed by atoms with E-state index in [-0.39, 0.29) is 0 Å². The summed E-state index contributed by atoms with van der Waals surface area (Å²) in [4.78, 5) is 4.46. The summed E-state index contributed by atoms with van der Waals surface area (Å²) in [6.07, 6.45) is 6.57. The molecular formula is C16H21N5O. The lowest BCUT2D eigenvalue weighted by Crippen LogP contribution is -2.17. The molecule has 1 fully saturated rings. The molecule has 1 heterocycles. The number of ether oxygens (including phenoxy) is 1. The van der Waals surface area contributed by atoms with E-state index in [2.05, 4.69) is 25.8 Å². The van der Waals surface area contributed by atoms with Crippen molar-refractivity contribution in [2.24, 2.45) is 0 Å². The number of hydrogen-bond acceptors (Lipinski definition) is 6. The Kier molecular flexibility index (Phi) is 4.68. The summed E-state index contributed by atoms with van der Waals surface area (Å²) in [7, 11) is 1.67. The highest BCUT2D eigenvalue weighted by Gasteiger charge is 2.15. The Balaban J connectivity index is 1.57. The van der Waals surface area contributed by atoms with Gasteiger partial charge < -0.3 is 15.4 Å². The Labute approximate surface area is 130 Å². The van der Waals surface area contributed by atoms with Crippen molar-refractivity contribution < 1.29 is 4.74 Å². The smallest absolute Gasteiger partial charge is 0.244 e. The lowest BCUT2D eigenvalue weighted by Gasteiger charge is -2.12. The predicted octanol–water partition coefficient (Wildman–Crippen LogP) is 2.85. The molecule has 1 aliphatic carbocycles. The van der Waals surface area contributed by atoms with Crippen LogP contribution in [0.2, 0.25) is 0 Å². The third-order valence-electron chi connectivity index (χ3n) is 3.88. The molecule has 1 aromatic carbocycles. The minimum atomic E-state index is 0.485. The van der Waals surface area contributed by atoms with Crippen LogP contribution in [0.25, 0.3) is 0 Å². The minimum absolute atomic E-state index is 0.485. The first-order valence-corrected chi connectivity index (χ1v) is 7.66. The van der Waals surface area contributed by atoms with Crippen LogP contribution in [0.3, 0.4) is 0 Å². The summed E-state index contributed by atoms with van der Waals surface area (Å²) in [5.74, 6) is 2.19. The zero-order chi connectivity index (χ0) is 15.2. The van der Waals surface area contributed by atoms with Crippen molar-refractivity contribution in [3.05, 3.63) is 36.0 Å². The molecule has 6 heteroatoms. The van der Waals surface area contributed by atoms with E-state index >= 15 is 0 Å². The molecule has 0 radical (unpaired) electrons. The van der Waals surface area contributed by atoms with Gasteiger partial charge >= 0.3 is 0 Å². The second-order valence-electron chi connectivity index (χ2n) is 5.49. The summed E-state index contributed by atoms with van der Waals surface area (Å²) in [5, 5.41) is 14.7. The summed E-state index contributed by atoms with van der Waals surface area (Å²) >= 11 is 0. The highest BCUT2D eigenvalue weighted by atomic mass is 16.5. The summed E-state index contributed by atoms with van der Waals surface area (Å²) in [6, 6.07) is 8.43. The van der Waals surface area contributed by atoms with E-state index in [0.29, 0.717) is 18.5 Å². The van der Waals surface area contributed by atoms with Gasteiger partial charge in [0.25, 0.3) is 0 Å². The van der Waals surface area contributed by atoms with Gasteiger partial charge in [-0.25, -0.2) is 0 Å². The Bertz CT molecular complexity index is 596. The van der Waals surface area contributed by atoms with E-state index in [1.807, 2.05) is 24.3 Å². The summed E-state index contributed by atoms with van der Waals surface area (Å²) in [5.41, 5.74) is 1.16. The van der Waals surface area contributed by atoms with Gasteiger partial charge in [0.15, 0.2) is 5.82 Å². The maximum absolute atomic E-state index is 5.15. The Hall–Kier alpha value is -2.37. The van der Waals surface area contributed by atoms with Crippen LogP contribution in [0, 0.1) is 0 Å². The molecule has 0 unspecified atom stereocenters. The molecule has 1 aliphatic rings. The Morgan fingerprint density at radius 1 is 1.18 bits per heavy atom. The van der Waals surface area contributed by atoms with Gasteiger partial charge in [0.1, 0.15) is 5.75 Å². The molecule has 0 spiro atoms. The Morgan fingerprint density at radius 2 is 1.95 bits per heavy atom. The topological polar surface area (TPSA) is 72.0 Å². The minimum Gasteiger partial charge on any atom is -0.497 e. The highest BCUT2D eigenvalue weighted by Crippen LogP contribution is 2.20. The van der Waals surface area contributed by atoms with Crippen molar-refractivity contribution >= 4 is 11.8 Å². The molecule has 116 valence electrons. The van der Waals surface area contributed by atoms with Crippen molar-refractivity contribution in [3.63, 3.8) is 0 Å². The first kappa shape index (κ1) is 14.6. The number of nitrogens with zero attached hydrogens (tertiary/aromatic N) is 3. The first-order chi connectivity index (χ1) is 10.8.